The summed E-state index contributed by atoms with van der Waals surface area (Å²) in [6.07, 6.45) is 3.40. The standard InChI is InChI=1S/C17H15N4/c1-19-14-7-8-18-9-13(14)15-17(19)20(2)16-12-6-4-3-5-11(12)10-21(15)16/h3-9H,10H2,1-2H3/q+1/i1D3. The van der Waals surface area contributed by atoms with Crippen molar-refractivity contribution in [2.24, 2.45) is 14.0 Å². The molecule has 0 spiro atoms. The van der Waals surface area contributed by atoms with Gasteiger partial charge in [-0.15, -0.1) is 0 Å². The maximum absolute atomic E-state index is 8.00. The maximum atomic E-state index is 8.00. The van der Waals surface area contributed by atoms with Crippen LogP contribution in [-0.2, 0) is 20.6 Å². The molecule has 1 aliphatic rings. The zero-order valence-corrected chi connectivity index (χ0v) is 11.5. The highest BCUT2D eigenvalue weighted by atomic mass is 15.2. The predicted molar refractivity (Wildman–Crippen MR) is 81.9 cm³/mol. The Labute approximate surface area is 126 Å². The van der Waals surface area contributed by atoms with Gasteiger partial charge in [0.15, 0.2) is 5.52 Å². The molecular weight excluding hydrogens is 260 g/mol. The molecule has 102 valence electrons. The summed E-state index contributed by atoms with van der Waals surface area (Å²) in [6, 6.07) is 10.0. The Morgan fingerprint density at radius 1 is 1.29 bits per heavy atom. The van der Waals surface area contributed by atoms with E-state index in [9.17, 15) is 0 Å². The van der Waals surface area contributed by atoms with Gasteiger partial charge in [0, 0.05) is 12.4 Å². The van der Waals surface area contributed by atoms with Crippen molar-refractivity contribution in [2.45, 2.75) is 6.54 Å². The number of pyridine rings is 1. The van der Waals surface area contributed by atoms with Crippen molar-refractivity contribution in [2.75, 3.05) is 0 Å². The summed E-state index contributed by atoms with van der Waals surface area (Å²) in [6.45, 7) is -1.50. The second-order valence-corrected chi connectivity index (χ2v) is 5.53. The van der Waals surface area contributed by atoms with Crippen LogP contribution in [0, 0.1) is 0 Å². The topological polar surface area (TPSA) is 26.6 Å². The molecule has 4 aromatic rings. The largest absolute Gasteiger partial charge is 0.269 e. The van der Waals surface area contributed by atoms with Crippen LogP contribution >= 0.6 is 0 Å². The van der Waals surface area contributed by atoms with E-state index in [-0.39, 0.29) is 0 Å². The average molecular weight is 278 g/mol. The number of aromatic nitrogens is 4. The van der Waals surface area contributed by atoms with Gasteiger partial charge in [-0.3, -0.25) is 9.55 Å². The molecule has 0 unspecified atom stereocenters. The van der Waals surface area contributed by atoms with E-state index in [0.717, 1.165) is 28.8 Å². The van der Waals surface area contributed by atoms with Gasteiger partial charge in [-0.1, -0.05) is 18.2 Å². The molecule has 0 radical (unpaired) electrons. The Morgan fingerprint density at radius 2 is 2.19 bits per heavy atom. The van der Waals surface area contributed by atoms with Crippen LogP contribution < -0.4 is 4.57 Å². The number of aryl methyl sites for hydroxylation is 2. The second kappa shape index (κ2) is 3.52. The summed E-state index contributed by atoms with van der Waals surface area (Å²) in [7, 11) is 1.94. The van der Waals surface area contributed by atoms with Crippen LogP contribution in [0.25, 0.3) is 33.5 Å². The van der Waals surface area contributed by atoms with E-state index in [4.69, 9.17) is 4.11 Å². The van der Waals surface area contributed by atoms with E-state index in [1.165, 1.54) is 10.1 Å². The molecule has 0 amide bonds. The SMILES string of the molecule is [2H]C([2H])([2H])n1c2ccncc2c2c1[n+](C)c1n2Cc2ccccc2-1. The minimum Gasteiger partial charge on any atom is -0.264 e. The van der Waals surface area contributed by atoms with Crippen LogP contribution in [-0.4, -0.2) is 14.1 Å². The number of hydrogen-bond acceptors (Lipinski definition) is 1. The number of rotatable bonds is 0. The van der Waals surface area contributed by atoms with Gasteiger partial charge in [0.25, 0.3) is 5.65 Å². The van der Waals surface area contributed by atoms with Crippen molar-refractivity contribution in [1.29, 1.82) is 0 Å². The van der Waals surface area contributed by atoms with Gasteiger partial charge in [-0.25, -0.2) is 9.13 Å². The van der Waals surface area contributed by atoms with Crippen molar-refractivity contribution in [3.05, 3.63) is 48.3 Å². The van der Waals surface area contributed by atoms with Crippen LogP contribution in [0.2, 0.25) is 0 Å². The Morgan fingerprint density at radius 3 is 3.10 bits per heavy atom. The van der Waals surface area contributed by atoms with Crippen molar-refractivity contribution in [1.82, 2.24) is 14.1 Å². The zero-order chi connectivity index (χ0) is 16.6. The van der Waals surface area contributed by atoms with Crippen molar-refractivity contribution >= 4 is 22.1 Å². The number of hydrogen-bond donors (Lipinski definition) is 0. The fraction of sp³-hybridized carbons (Fsp3) is 0.176. The summed E-state index contributed by atoms with van der Waals surface area (Å²) in [5, 5.41) is 0.873. The van der Waals surface area contributed by atoms with Gasteiger partial charge in [-0.2, -0.15) is 0 Å². The number of nitrogens with zero attached hydrogens (tertiary/aromatic N) is 4. The molecule has 4 heteroatoms. The van der Waals surface area contributed by atoms with Gasteiger partial charge in [-0.05, 0) is 17.7 Å². The zero-order valence-electron chi connectivity index (χ0n) is 14.5. The molecule has 0 saturated carbocycles. The van der Waals surface area contributed by atoms with Crippen LogP contribution in [0.3, 0.4) is 0 Å². The maximum Gasteiger partial charge on any atom is 0.269 e. The van der Waals surface area contributed by atoms with E-state index >= 15 is 0 Å². The molecule has 5 rings (SSSR count). The van der Waals surface area contributed by atoms with Gasteiger partial charge in [0.05, 0.1) is 35.6 Å². The first-order valence-corrected chi connectivity index (χ1v) is 6.94. The highest BCUT2D eigenvalue weighted by molar-refractivity contribution is 6.04. The lowest BCUT2D eigenvalue weighted by molar-refractivity contribution is -0.636. The Balaban J connectivity index is 2.02. The van der Waals surface area contributed by atoms with E-state index in [1.54, 1.807) is 18.5 Å². The third kappa shape index (κ3) is 1.17. The lowest BCUT2D eigenvalue weighted by Crippen LogP contribution is -2.31. The molecule has 0 aliphatic carbocycles. The summed E-state index contributed by atoms with van der Waals surface area (Å²) >= 11 is 0. The fourth-order valence-electron chi connectivity index (χ4n) is 3.59. The molecule has 0 N–H and O–H groups in total. The predicted octanol–water partition coefficient (Wildman–Crippen LogP) is 2.38. The highest BCUT2D eigenvalue weighted by Crippen LogP contribution is 2.36. The first-order valence-electron chi connectivity index (χ1n) is 8.44. The normalized spacial score (nSPS) is 15.8. The molecule has 0 bridgehead atoms. The third-order valence-electron chi connectivity index (χ3n) is 4.47. The summed E-state index contributed by atoms with van der Waals surface area (Å²) in [5.41, 5.74) is 4.75. The van der Waals surface area contributed by atoms with Crippen LogP contribution in [0.4, 0.5) is 0 Å². The Hall–Kier alpha value is -2.62. The molecule has 0 atom stereocenters. The summed E-state index contributed by atoms with van der Waals surface area (Å²) in [4.78, 5) is 4.22. The van der Waals surface area contributed by atoms with Crippen LogP contribution in [0.15, 0.2) is 42.7 Å². The molecule has 1 aromatic carbocycles. The van der Waals surface area contributed by atoms with Gasteiger partial charge < -0.3 is 0 Å². The number of benzene rings is 1. The number of imidazole rings is 1. The van der Waals surface area contributed by atoms with Crippen LogP contribution in [0.5, 0.6) is 0 Å². The lowest BCUT2D eigenvalue weighted by Gasteiger charge is -1.98. The first kappa shape index (κ1) is 8.62. The summed E-state index contributed by atoms with van der Waals surface area (Å²) in [5.74, 6) is 1.04. The average Bonchev–Trinajstić information content (AvgIpc) is 3.15. The van der Waals surface area contributed by atoms with E-state index in [0.29, 0.717) is 11.2 Å². The fourth-order valence-corrected chi connectivity index (χ4v) is 3.59. The molecule has 21 heavy (non-hydrogen) atoms. The Bertz CT molecular complexity index is 1130. The van der Waals surface area contributed by atoms with E-state index < -0.39 is 6.98 Å². The Kier molecular flexibility index (Phi) is 1.45. The molecule has 4 heterocycles. The van der Waals surface area contributed by atoms with Gasteiger partial charge >= 0.3 is 0 Å². The summed E-state index contributed by atoms with van der Waals surface area (Å²) < 4.78 is 29.7. The smallest absolute Gasteiger partial charge is 0.264 e. The van der Waals surface area contributed by atoms with Crippen LogP contribution in [0.1, 0.15) is 9.68 Å². The minimum absolute atomic E-state index is 0.692. The second-order valence-electron chi connectivity index (χ2n) is 5.53. The lowest BCUT2D eigenvalue weighted by atomic mass is 10.1. The van der Waals surface area contributed by atoms with Crippen molar-refractivity contribution in [3.63, 3.8) is 0 Å². The van der Waals surface area contributed by atoms with Gasteiger partial charge in [0.1, 0.15) is 5.52 Å². The molecule has 3 aromatic heterocycles. The molecule has 0 fully saturated rings. The van der Waals surface area contributed by atoms with E-state index in [2.05, 4.69) is 21.7 Å². The monoisotopic (exact) mass is 278 g/mol. The van der Waals surface area contributed by atoms with E-state index in [1.807, 2.05) is 23.7 Å². The molecule has 1 aliphatic heterocycles. The molecule has 4 nitrogen and oxygen atoms in total. The van der Waals surface area contributed by atoms with Crippen molar-refractivity contribution in [3.8, 4) is 11.4 Å². The van der Waals surface area contributed by atoms with Crippen molar-refractivity contribution < 1.29 is 8.68 Å². The molecule has 0 saturated heterocycles. The number of fused-ring (bicyclic) bond motifs is 7. The third-order valence-corrected chi connectivity index (χ3v) is 4.47. The quantitative estimate of drug-likeness (QED) is 0.399. The first-order chi connectivity index (χ1) is 11.5. The minimum atomic E-state index is -2.25. The van der Waals surface area contributed by atoms with Gasteiger partial charge in [0.2, 0.25) is 5.82 Å². The highest BCUT2D eigenvalue weighted by Gasteiger charge is 2.33. The molecular formula is C17H15N4+.